The summed E-state index contributed by atoms with van der Waals surface area (Å²) in [5.41, 5.74) is 1.16. The molecule has 132 valence electrons. The molecule has 2 fully saturated rings. The van der Waals surface area contributed by atoms with Crippen molar-refractivity contribution in [1.82, 2.24) is 30.0 Å². The lowest BCUT2D eigenvalue weighted by molar-refractivity contribution is 0.0947. The van der Waals surface area contributed by atoms with E-state index >= 15 is 0 Å². The maximum atomic E-state index is 12.1. The Labute approximate surface area is 149 Å². The van der Waals surface area contributed by atoms with Gasteiger partial charge in [0.05, 0.1) is 5.56 Å². The minimum absolute atomic E-state index is 0.147. The standard InChI is InChI=1S/C18H18N6O2/c25-17(20-7-11-1-2-11)14-9-24(10-21-14)15-6-5-13(8-19-15)18-22-16(23-26-18)12-3-4-12/h5-6,8-12H,1-4,7H2,(H,20,25). The predicted octanol–water partition coefficient (Wildman–Crippen LogP) is 2.33. The topological polar surface area (TPSA) is 98.7 Å². The maximum Gasteiger partial charge on any atom is 0.271 e. The first-order valence-electron chi connectivity index (χ1n) is 8.89. The van der Waals surface area contributed by atoms with Gasteiger partial charge in [0.2, 0.25) is 0 Å². The summed E-state index contributed by atoms with van der Waals surface area (Å²) in [6.45, 7) is 0.728. The van der Waals surface area contributed by atoms with Crippen LogP contribution < -0.4 is 5.32 Å². The zero-order valence-electron chi connectivity index (χ0n) is 14.1. The van der Waals surface area contributed by atoms with Crippen LogP contribution in [0.15, 0.2) is 35.4 Å². The van der Waals surface area contributed by atoms with Crippen LogP contribution in [0.1, 0.15) is 47.9 Å². The molecule has 0 unspecified atom stereocenters. The van der Waals surface area contributed by atoms with Gasteiger partial charge < -0.3 is 9.84 Å². The summed E-state index contributed by atoms with van der Waals surface area (Å²) in [4.78, 5) is 25.1. The van der Waals surface area contributed by atoms with Crippen LogP contribution in [-0.4, -0.2) is 37.1 Å². The number of imidazole rings is 1. The molecule has 3 heterocycles. The normalized spacial score (nSPS) is 16.6. The Morgan fingerprint density at radius 1 is 1.23 bits per heavy atom. The summed E-state index contributed by atoms with van der Waals surface area (Å²) in [7, 11) is 0. The fourth-order valence-corrected chi connectivity index (χ4v) is 2.74. The van der Waals surface area contributed by atoms with Gasteiger partial charge in [0, 0.05) is 24.9 Å². The summed E-state index contributed by atoms with van der Waals surface area (Å²) in [5, 5.41) is 6.93. The summed E-state index contributed by atoms with van der Waals surface area (Å²) in [5.74, 6) is 2.88. The van der Waals surface area contributed by atoms with Crippen molar-refractivity contribution in [2.24, 2.45) is 5.92 Å². The van der Waals surface area contributed by atoms with E-state index < -0.39 is 0 Å². The molecule has 0 radical (unpaired) electrons. The summed E-state index contributed by atoms with van der Waals surface area (Å²) < 4.78 is 7.03. The van der Waals surface area contributed by atoms with Gasteiger partial charge in [-0.25, -0.2) is 9.97 Å². The third kappa shape index (κ3) is 3.10. The van der Waals surface area contributed by atoms with Crippen LogP contribution >= 0.6 is 0 Å². The lowest BCUT2D eigenvalue weighted by atomic mass is 10.3. The first-order chi connectivity index (χ1) is 12.8. The molecule has 0 spiro atoms. The molecule has 1 amide bonds. The molecule has 0 atom stereocenters. The van der Waals surface area contributed by atoms with E-state index in [1.54, 1.807) is 23.3 Å². The van der Waals surface area contributed by atoms with E-state index in [-0.39, 0.29) is 5.91 Å². The van der Waals surface area contributed by atoms with Crippen molar-refractivity contribution in [1.29, 1.82) is 0 Å². The highest BCUT2D eigenvalue weighted by Crippen LogP contribution is 2.38. The molecular weight excluding hydrogens is 332 g/mol. The number of carbonyl (C=O) groups excluding carboxylic acids is 1. The highest BCUT2D eigenvalue weighted by atomic mass is 16.5. The van der Waals surface area contributed by atoms with Gasteiger partial charge in [-0.1, -0.05) is 5.16 Å². The van der Waals surface area contributed by atoms with Crippen molar-refractivity contribution in [3.63, 3.8) is 0 Å². The molecule has 1 N–H and O–H groups in total. The number of aromatic nitrogens is 5. The van der Waals surface area contributed by atoms with Gasteiger partial charge in [0.15, 0.2) is 5.82 Å². The van der Waals surface area contributed by atoms with Gasteiger partial charge >= 0.3 is 0 Å². The highest BCUT2D eigenvalue weighted by molar-refractivity contribution is 5.92. The molecule has 3 aromatic rings. The smallest absolute Gasteiger partial charge is 0.271 e. The SMILES string of the molecule is O=C(NCC1CC1)c1cn(-c2ccc(-c3nc(C4CC4)no3)cn2)cn1. The minimum atomic E-state index is -0.147. The van der Waals surface area contributed by atoms with Crippen LogP contribution in [0.2, 0.25) is 0 Å². The Morgan fingerprint density at radius 2 is 2.12 bits per heavy atom. The lowest BCUT2D eigenvalue weighted by Crippen LogP contribution is -2.25. The van der Waals surface area contributed by atoms with Crippen molar-refractivity contribution in [2.75, 3.05) is 6.54 Å². The second-order valence-corrected chi connectivity index (χ2v) is 6.96. The van der Waals surface area contributed by atoms with Crippen LogP contribution in [0.5, 0.6) is 0 Å². The molecule has 2 aliphatic carbocycles. The molecule has 3 aromatic heterocycles. The van der Waals surface area contributed by atoms with E-state index in [1.165, 1.54) is 12.8 Å². The van der Waals surface area contributed by atoms with Crippen molar-refractivity contribution < 1.29 is 9.32 Å². The number of pyridine rings is 1. The Hall–Kier alpha value is -3.03. The Morgan fingerprint density at radius 3 is 2.85 bits per heavy atom. The Kier molecular flexibility index (Phi) is 3.55. The van der Waals surface area contributed by atoms with Crippen LogP contribution in [0.25, 0.3) is 17.3 Å². The van der Waals surface area contributed by atoms with Crippen LogP contribution in [0, 0.1) is 5.92 Å². The van der Waals surface area contributed by atoms with Gasteiger partial charge in [0.25, 0.3) is 11.8 Å². The first-order valence-corrected chi connectivity index (χ1v) is 8.89. The summed E-state index contributed by atoms with van der Waals surface area (Å²) in [6, 6.07) is 3.71. The number of amides is 1. The van der Waals surface area contributed by atoms with Crippen molar-refractivity contribution in [2.45, 2.75) is 31.6 Å². The number of nitrogens with zero attached hydrogens (tertiary/aromatic N) is 5. The number of nitrogens with one attached hydrogen (secondary N) is 1. The van der Waals surface area contributed by atoms with Crippen LogP contribution in [0.4, 0.5) is 0 Å². The van der Waals surface area contributed by atoms with E-state index in [0.717, 1.165) is 30.8 Å². The van der Waals surface area contributed by atoms with E-state index in [2.05, 4.69) is 25.4 Å². The number of carbonyl (C=O) groups is 1. The van der Waals surface area contributed by atoms with Gasteiger partial charge in [-0.3, -0.25) is 9.36 Å². The van der Waals surface area contributed by atoms with E-state index in [4.69, 9.17) is 4.52 Å². The molecule has 2 saturated carbocycles. The van der Waals surface area contributed by atoms with Crippen molar-refractivity contribution in [3.05, 3.63) is 42.4 Å². The lowest BCUT2D eigenvalue weighted by Gasteiger charge is -2.02. The van der Waals surface area contributed by atoms with Crippen molar-refractivity contribution >= 4 is 5.91 Å². The molecular formula is C18H18N6O2. The number of rotatable bonds is 6. The second-order valence-electron chi connectivity index (χ2n) is 6.96. The zero-order chi connectivity index (χ0) is 17.5. The van der Waals surface area contributed by atoms with Gasteiger partial charge in [-0.2, -0.15) is 4.98 Å². The maximum absolute atomic E-state index is 12.1. The molecule has 8 nitrogen and oxygen atoms in total. The zero-order valence-corrected chi connectivity index (χ0v) is 14.1. The van der Waals surface area contributed by atoms with Crippen molar-refractivity contribution in [3.8, 4) is 17.3 Å². The van der Waals surface area contributed by atoms with E-state index in [0.29, 0.717) is 29.2 Å². The molecule has 26 heavy (non-hydrogen) atoms. The number of hydrogen-bond donors (Lipinski definition) is 1. The van der Waals surface area contributed by atoms with Crippen LogP contribution in [-0.2, 0) is 0 Å². The predicted molar refractivity (Wildman–Crippen MR) is 91.7 cm³/mol. The minimum Gasteiger partial charge on any atom is -0.350 e. The summed E-state index contributed by atoms with van der Waals surface area (Å²) >= 11 is 0. The monoisotopic (exact) mass is 350 g/mol. The molecule has 0 aliphatic heterocycles. The average Bonchev–Trinajstić information content (AvgIpc) is 3.59. The Balaban J connectivity index is 1.29. The molecule has 8 heteroatoms. The van der Waals surface area contributed by atoms with E-state index in [1.807, 2.05) is 12.1 Å². The third-order valence-electron chi connectivity index (χ3n) is 4.71. The highest BCUT2D eigenvalue weighted by Gasteiger charge is 2.29. The first kappa shape index (κ1) is 15.2. The quantitative estimate of drug-likeness (QED) is 0.732. The molecule has 5 rings (SSSR count). The average molecular weight is 350 g/mol. The fraction of sp³-hybridized carbons (Fsp3) is 0.389. The molecule has 2 aliphatic rings. The third-order valence-corrected chi connectivity index (χ3v) is 4.71. The molecule has 0 saturated heterocycles. The number of hydrogen-bond acceptors (Lipinski definition) is 6. The molecule has 0 bridgehead atoms. The van der Waals surface area contributed by atoms with Crippen LogP contribution in [0.3, 0.4) is 0 Å². The summed E-state index contributed by atoms with van der Waals surface area (Å²) in [6.07, 6.45) is 9.63. The Bertz CT molecular complexity index is 937. The van der Waals surface area contributed by atoms with E-state index in [9.17, 15) is 4.79 Å². The second kappa shape index (κ2) is 6.05. The van der Waals surface area contributed by atoms with Gasteiger partial charge in [-0.05, 0) is 43.7 Å². The fourth-order valence-electron chi connectivity index (χ4n) is 2.74. The van der Waals surface area contributed by atoms with Gasteiger partial charge in [0.1, 0.15) is 17.8 Å². The molecule has 0 aromatic carbocycles. The largest absolute Gasteiger partial charge is 0.350 e. The van der Waals surface area contributed by atoms with Gasteiger partial charge in [-0.15, -0.1) is 0 Å².